The zero-order chi connectivity index (χ0) is 16.8. The average molecular weight is 386 g/mol. The van der Waals surface area contributed by atoms with Gasteiger partial charge < -0.3 is 15.5 Å². The van der Waals surface area contributed by atoms with E-state index >= 15 is 0 Å². The molecule has 0 atom stereocenters. The maximum Gasteiger partial charge on any atom is 0.229 e. The summed E-state index contributed by atoms with van der Waals surface area (Å²) < 4.78 is 26.9. The summed E-state index contributed by atoms with van der Waals surface area (Å²) in [6.07, 6.45) is 2.57. The van der Waals surface area contributed by atoms with Crippen LogP contribution in [0, 0.1) is 11.6 Å². The van der Waals surface area contributed by atoms with Crippen LogP contribution in [0.25, 0.3) is 0 Å². The third-order valence-electron chi connectivity index (χ3n) is 2.99. The summed E-state index contributed by atoms with van der Waals surface area (Å²) in [6.45, 7) is 1.73. The monoisotopic (exact) mass is 385 g/mol. The summed E-state index contributed by atoms with van der Waals surface area (Å²) in [5, 5.41) is 6.07. The van der Waals surface area contributed by atoms with Gasteiger partial charge in [0, 0.05) is 24.5 Å². The number of halogens is 3. The predicted molar refractivity (Wildman–Crippen MR) is 91.0 cm³/mol. The number of hydrogen-bond acceptors (Lipinski definition) is 5. The smallest absolute Gasteiger partial charge is 0.229 e. The van der Waals surface area contributed by atoms with Crippen molar-refractivity contribution in [1.82, 2.24) is 14.9 Å². The standard InChI is InChI=1S/C15H18BrF2N5/c1-23(2)7-3-6-19-14-11(16)9-20-15(22-14)21-10-4-5-12(17)13(18)8-10/h4-5,8-9H,3,6-7H2,1-2H3,(H2,19,20,21,22). The van der Waals surface area contributed by atoms with E-state index in [9.17, 15) is 8.78 Å². The molecule has 0 saturated heterocycles. The van der Waals surface area contributed by atoms with Crippen LogP contribution in [0.2, 0.25) is 0 Å². The molecule has 2 N–H and O–H groups in total. The van der Waals surface area contributed by atoms with Crippen molar-refractivity contribution in [1.29, 1.82) is 0 Å². The maximum atomic E-state index is 13.2. The van der Waals surface area contributed by atoms with Crippen molar-refractivity contribution < 1.29 is 8.78 Å². The van der Waals surface area contributed by atoms with Gasteiger partial charge in [-0.25, -0.2) is 13.8 Å². The van der Waals surface area contributed by atoms with Gasteiger partial charge in [0.15, 0.2) is 11.6 Å². The number of benzene rings is 1. The summed E-state index contributed by atoms with van der Waals surface area (Å²) in [4.78, 5) is 10.5. The van der Waals surface area contributed by atoms with Crippen LogP contribution >= 0.6 is 15.9 Å². The van der Waals surface area contributed by atoms with Crippen molar-refractivity contribution in [3.8, 4) is 0 Å². The zero-order valence-corrected chi connectivity index (χ0v) is 14.5. The van der Waals surface area contributed by atoms with Gasteiger partial charge in [0.1, 0.15) is 5.82 Å². The summed E-state index contributed by atoms with van der Waals surface area (Å²) in [5.74, 6) is -0.872. The van der Waals surface area contributed by atoms with E-state index in [1.807, 2.05) is 14.1 Å². The molecule has 2 aromatic rings. The van der Waals surface area contributed by atoms with Crippen LogP contribution in [0.3, 0.4) is 0 Å². The second-order valence-electron chi connectivity index (χ2n) is 5.23. The largest absolute Gasteiger partial charge is 0.369 e. The Morgan fingerprint density at radius 2 is 2.00 bits per heavy atom. The molecule has 124 valence electrons. The Kier molecular flexibility index (Phi) is 6.23. The van der Waals surface area contributed by atoms with Gasteiger partial charge in [-0.1, -0.05) is 0 Å². The molecule has 1 aromatic carbocycles. The Hall–Kier alpha value is -1.80. The molecule has 1 aromatic heterocycles. The highest BCUT2D eigenvalue weighted by molar-refractivity contribution is 9.10. The van der Waals surface area contributed by atoms with Gasteiger partial charge in [-0.2, -0.15) is 4.98 Å². The van der Waals surface area contributed by atoms with E-state index in [1.54, 1.807) is 6.20 Å². The number of rotatable bonds is 7. The van der Waals surface area contributed by atoms with Crippen LogP contribution < -0.4 is 10.6 Å². The fourth-order valence-electron chi connectivity index (χ4n) is 1.86. The van der Waals surface area contributed by atoms with Crippen LogP contribution in [0.4, 0.5) is 26.2 Å². The van der Waals surface area contributed by atoms with Crippen LogP contribution in [-0.2, 0) is 0 Å². The average Bonchev–Trinajstić information content (AvgIpc) is 2.50. The molecule has 0 amide bonds. The highest BCUT2D eigenvalue weighted by Gasteiger charge is 2.07. The molecule has 0 aliphatic rings. The fraction of sp³-hybridized carbons (Fsp3) is 0.333. The van der Waals surface area contributed by atoms with Gasteiger partial charge >= 0.3 is 0 Å². The molecule has 0 unspecified atom stereocenters. The molecule has 0 spiro atoms. The molecule has 5 nitrogen and oxygen atoms in total. The molecule has 0 saturated carbocycles. The molecule has 2 rings (SSSR count). The third-order valence-corrected chi connectivity index (χ3v) is 3.57. The molecular formula is C15H18BrF2N5. The predicted octanol–water partition coefficient (Wildman–Crippen LogP) is 3.62. The molecule has 1 heterocycles. The lowest BCUT2D eigenvalue weighted by Crippen LogP contribution is -2.17. The molecule has 0 aliphatic carbocycles. The van der Waals surface area contributed by atoms with E-state index in [1.165, 1.54) is 6.07 Å². The van der Waals surface area contributed by atoms with E-state index in [-0.39, 0.29) is 0 Å². The molecular weight excluding hydrogens is 368 g/mol. The SMILES string of the molecule is CN(C)CCCNc1nc(Nc2ccc(F)c(F)c2)ncc1Br. The Balaban J connectivity index is 2.02. The molecule has 23 heavy (non-hydrogen) atoms. The van der Waals surface area contributed by atoms with Crippen LogP contribution in [-0.4, -0.2) is 42.1 Å². The molecule has 8 heteroatoms. The first kappa shape index (κ1) is 17.6. The van der Waals surface area contributed by atoms with Crippen LogP contribution in [0.15, 0.2) is 28.9 Å². The van der Waals surface area contributed by atoms with E-state index in [2.05, 4.69) is 41.4 Å². The van der Waals surface area contributed by atoms with Gasteiger partial charge in [-0.15, -0.1) is 0 Å². The minimum atomic E-state index is -0.922. The van der Waals surface area contributed by atoms with Crippen molar-refractivity contribution in [2.75, 3.05) is 37.8 Å². The minimum Gasteiger partial charge on any atom is -0.369 e. The van der Waals surface area contributed by atoms with Crippen molar-refractivity contribution in [3.05, 3.63) is 40.5 Å². The molecule has 0 radical (unpaired) electrons. The summed E-state index contributed by atoms with van der Waals surface area (Å²) in [7, 11) is 4.04. The normalized spacial score (nSPS) is 10.9. The van der Waals surface area contributed by atoms with Gasteiger partial charge in [-0.3, -0.25) is 0 Å². The minimum absolute atomic E-state index is 0.300. The lowest BCUT2D eigenvalue weighted by atomic mass is 10.3. The van der Waals surface area contributed by atoms with Gasteiger partial charge in [-0.05, 0) is 55.1 Å². The molecule has 0 aliphatic heterocycles. The van der Waals surface area contributed by atoms with Crippen molar-refractivity contribution in [2.45, 2.75) is 6.42 Å². The van der Waals surface area contributed by atoms with Crippen molar-refractivity contribution >= 4 is 33.4 Å². The number of aromatic nitrogens is 2. The second-order valence-corrected chi connectivity index (χ2v) is 6.08. The van der Waals surface area contributed by atoms with E-state index in [4.69, 9.17) is 0 Å². The number of hydrogen-bond donors (Lipinski definition) is 2. The van der Waals surface area contributed by atoms with Crippen molar-refractivity contribution in [3.63, 3.8) is 0 Å². The van der Waals surface area contributed by atoms with Crippen molar-refractivity contribution in [2.24, 2.45) is 0 Å². The highest BCUT2D eigenvalue weighted by Crippen LogP contribution is 2.22. The summed E-state index contributed by atoms with van der Waals surface area (Å²) in [6, 6.07) is 3.54. The Labute approximate surface area is 142 Å². The first-order chi connectivity index (χ1) is 11.0. The van der Waals surface area contributed by atoms with E-state index < -0.39 is 11.6 Å². The number of nitrogens with one attached hydrogen (secondary N) is 2. The van der Waals surface area contributed by atoms with E-state index in [0.717, 1.165) is 36.1 Å². The summed E-state index contributed by atoms with van der Waals surface area (Å²) >= 11 is 3.38. The number of nitrogens with zero attached hydrogens (tertiary/aromatic N) is 3. The second kappa shape index (κ2) is 8.16. The lowest BCUT2D eigenvalue weighted by molar-refractivity contribution is 0.405. The molecule has 0 bridgehead atoms. The summed E-state index contributed by atoms with van der Waals surface area (Å²) in [5.41, 5.74) is 0.379. The first-order valence-electron chi connectivity index (χ1n) is 7.09. The molecule has 0 fully saturated rings. The quantitative estimate of drug-likeness (QED) is 0.712. The topological polar surface area (TPSA) is 53.1 Å². The van der Waals surface area contributed by atoms with Gasteiger partial charge in [0.05, 0.1) is 4.47 Å². The third kappa shape index (κ3) is 5.40. The van der Waals surface area contributed by atoms with Crippen LogP contribution in [0.1, 0.15) is 6.42 Å². The number of anilines is 3. The Bertz CT molecular complexity index is 666. The highest BCUT2D eigenvalue weighted by atomic mass is 79.9. The fourth-order valence-corrected chi connectivity index (χ4v) is 2.19. The van der Waals surface area contributed by atoms with E-state index in [0.29, 0.717) is 17.5 Å². The first-order valence-corrected chi connectivity index (χ1v) is 7.88. The Morgan fingerprint density at radius 3 is 2.70 bits per heavy atom. The maximum absolute atomic E-state index is 13.2. The van der Waals surface area contributed by atoms with Crippen LogP contribution in [0.5, 0.6) is 0 Å². The van der Waals surface area contributed by atoms with Gasteiger partial charge in [0.25, 0.3) is 0 Å². The lowest BCUT2D eigenvalue weighted by Gasteiger charge is -2.12. The Morgan fingerprint density at radius 1 is 1.22 bits per heavy atom. The van der Waals surface area contributed by atoms with Gasteiger partial charge in [0.2, 0.25) is 5.95 Å². The zero-order valence-electron chi connectivity index (χ0n) is 12.9.